The Morgan fingerprint density at radius 2 is 1.81 bits per heavy atom. The van der Waals surface area contributed by atoms with Gasteiger partial charge in [-0.25, -0.2) is 0 Å². The molecule has 1 aliphatic heterocycles. The van der Waals surface area contributed by atoms with Gasteiger partial charge in [0.05, 0.1) is 5.41 Å². The van der Waals surface area contributed by atoms with Crippen molar-refractivity contribution in [1.29, 1.82) is 0 Å². The third kappa shape index (κ3) is 3.65. The molecule has 0 spiro atoms. The predicted octanol–water partition coefficient (Wildman–Crippen LogP) is 2.72. The van der Waals surface area contributed by atoms with Crippen molar-refractivity contribution in [1.82, 2.24) is 10.2 Å². The molecule has 120 valence electrons. The normalized spacial score (nSPS) is 28.5. The Labute approximate surface area is 128 Å². The van der Waals surface area contributed by atoms with E-state index >= 15 is 0 Å². The van der Waals surface area contributed by atoms with Gasteiger partial charge in [-0.2, -0.15) is 0 Å². The molecule has 1 saturated carbocycles. The number of rotatable bonds is 5. The van der Waals surface area contributed by atoms with Crippen LogP contribution >= 0.6 is 0 Å². The molecule has 0 aromatic heterocycles. The molecule has 1 atom stereocenters. The molecule has 1 saturated heterocycles. The molecule has 2 rings (SSSR count). The molecule has 1 aliphatic carbocycles. The third-order valence-electron chi connectivity index (χ3n) is 5.45. The van der Waals surface area contributed by atoms with Gasteiger partial charge in [0.1, 0.15) is 0 Å². The van der Waals surface area contributed by atoms with E-state index in [0.717, 1.165) is 6.54 Å². The minimum Gasteiger partial charge on any atom is -0.312 e. The fraction of sp³-hybridized carbons (Fsp3) is 0.882. The molecule has 0 aromatic rings. The van der Waals surface area contributed by atoms with Crippen LogP contribution in [-0.4, -0.2) is 35.8 Å². The Balaban J connectivity index is 1.83. The summed E-state index contributed by atoms with van der Waals surface area (Å²) in [5, 5.41) is 3.54. The maximum absolute atomic E-state index is 12.5. The van der Waals surface area contributed by atoms with Crippen LogP contribution in [0, 0.1) is 11.3 Å². The first-order chi connectivity index (χ1) is 9.95. The van der Waals surface area contributed by atoms with Crippen LogP contribution in [0.2, 0.25) is 0 Å². The van der Waals surface area contributed by atoms with Crippen molar-refractivity contribution in [3.05, 3.63) is 0 Å². The number of hydrogen-bond donors (Lipinski definition) is 1. The van der Waals surface area contributed by atoms with Crippen molar-refractivity contribution in [3.63, 3.8) is 0 Å². The van der Waals surface area contributed by atoms with Gasteiger partial charge in [-0.05, 0) is 25.7 Å². The van der Waals surface area contributed by atoms with Crippen molar-refractivity contribution in [2.75, 3.05) is 13.1 Å². The van der Waals surface area contributed by atoms with Gasteiger partial charge in [0.25, 0.3) is 0 Å². The molecule has 2 aliphatic rings. The lowest BCUT2D eigenvalue weighted by atomic mass is 9.78. The van der Waals surface area contributed by atoms with Gasteiger partial charge in [0.2, 0.25) is 11.8 Å². The zero-order chi connectivity index (χ0) is 15.5. The summed E-state index contributed by atoms with van der Waals surface area (Å²) in [6.45, 7) is 7.24. The fourth-order valence-corrected chi connectivity index (χ4v) is 3.45. The van der Waals surface area contributed by atoms with E-state index in [4.69, 9.17) is 0 Å². The number of imide groups is 1. The summed E-state index contributed by atoms with van der Waals surface area (Å²) in [6.07, 6.45) is 8.10. The quantitative estimate of drug-likeness (QED) is 0.626. The van der Waals surface area contributed by atoms with Crippen molar-refractivity contribution in [2.45, 2.75) is 71.8 Å². The molecule has 1 heterocycles. The van der Waals surface area contributed by atoms with Gasteiger partial charge >= 0.3 is 0 Å². The summed E-state index contributed by atoms with van der Waals surface area (Å²) in [6, 6.07) is 0.566. The number of nitrogens with one attached hydrogen (secondary N) is 1. The average Bonchev–Trinajstić information content (AvgIpc) is 2.65. The summed E-state index contributed by atoms with van der Waals surface area (Å²) in [5.41, 5.74) is -0.501. The molecule has 0 radical (unpaired) electrons. The zero-order valence-corrected chi connectivity index (χ0v) is 13.8. The summed E-state index contributed by atoms with van der Waals surface area (Å²) >= 11 is 0. The van der Waals surface area contributed by atoms with Crippen LogP contribution in [0.1, 0.15) is 65.7 Å². The van der Waals surface area contributed by atoms with Crippen LogP contribution in [0.5, 0.6) is 0 Å². The molecule has 2 amide bonds. The molecule has 0 bridgehead atoms. The van der Waals surface area contributed by atoms with E-state index in [1.54, 1.807) is 0 Å². The average molecular weight is 294 g/mol. The molecule has 4 heteroatoms. The first kappa shape index (κ1) is 16.5. The fourth-order valence-electron chi connectivity index (χ4n) is 3.45. The second-order valence-electron chi connectivity index (χ2n) is 7.24. The van der Waals surface area contributed by atoms with Gasteiger partial charge < -0.3 is 5.32 Å². The minimum atomic E-state index is -0.501. The number of likely N-dealkylation sites (tertiary alicyclic amines) is 1. The zero-order valence-electron chi connectivity index (χ0n) is 13.8. The molecule has 1 unspecified atom stereocenters. The number of hydrogen-bond acceptors (Lipinski definition) is 3. The number of carbonyl (C=O) groups is 2. The molecule has 1 N–H and O–H groups in total. The lowest BCUT2D eigenvalue weighted by Crippen LogP contribution is -2.42. The van der Waals surface area contributed by atoms with E-state index < -0.39 is 5.41 Å². The molecule has 2 fully saturated rings. The molecular formula is C17H30N2O2. The predicted molar refractivity (Wildman–Crippen MR) is 83.8 cm³/mol. The van der Waals surface area contributed by atoms with Crippen LogP contribution < -0.4 is 5.32 Å². The second kappa shape index (κ2) is 6.91. The maximum atomic E-state index is 12.5. The highest BCUT2D eigenvalue weighted by Crippen LogP contribution is 2.38. The monoisotopic (exact) mass is 294 g/mol. The summed E-state index contributed by atoms with van der Waals surface area (Å²) in [7, 11) is 0. The standard InChI is InChI=1S/C17H30N2O2/c1-13(2)17(3)12-15(20)19(16(17)21)11-10-18-14-8-6-4-5-7-9-14/h13-14,18H,4-12H2,1-3H3. The summed E-state index contributed by atoms with van der Waals surface area (Å²) in [4.78, 5) is 26.1. The van der Waals surface area contributed by atoms with Crippen LogP contribution in [0.25, 0.3) is 0 Å². The van der Waals surface area contributed by atoms with E-state index in [1.165, 1.54) is 43.4 Å². The topological polar surface area (TPSA) is 49.4 Å². The van der Waals surface area contributed by atoms with E-state index in [9.17, 15) is 9.59 Å². The first-order valence-electron chi connectivity index (χ1n) is 8.53. The largest absolute Gasteiger partial charge is 0.312 e. The van der Waals surface area contributed by atoms with Crippen LogP contribution in [0.15, 0.2) is 0 Å². The molecule has 21 heavy (non-hydrogen) atoms. The van der Waals surface area contributed by atoms with E-state index in [2.05, 4.69) is 5.32 Å². The van der Waals surface area contributed by atoms with Gasteiger partial charge in [0, 0.05) is 25.6 Å². The lowest BCUT2D eigenvalue weighted by molar-refractivity contribution is -0.141. The lowest BCUT2D eigenvalue weighted by Gasteiger charge is -2.26. The van der Waals surface area contributed by atoms with E-state index in [0.29, 0.717) is 19.0 Å². The summed E-state index contributed by atoms with van der Waals surface area (Å²) < 4.78 is 0. The number of nitrogens with zero attached hydrogens (tertiary/aromatic N) is 1. The van der Waals surface area contributed by atoms with Crippen molar-refractivity contribution in [3.8, 4) is 0 Å². The van der Waals surface area contributed by atoms with Gasteiger partial charge in [-0.3, -0.25) is 14.5 Å². The molecule has 4 nitrogen and oxygen atoms in total. The van der Waals surface area contributed by atoms with Crippen molar-refractivity contribution >= 4 is 11.8 Å². The Kier molecular flexibility index (Phi) is 5.42. The molecular weight excluding hydrogens is 264 g/mol. The van der Waals surface area contributed by atoms with Crippen molar-refractivity contribution in [2.24, 2.45) is 11.3 Å². The Morgan fingerprint density at radius 1 is 1.19 bits per heavy atom. The highest BCUT2D eigenvalue weighted by Gasteiger charge is 2.49. The van der Waals surface area contributed by atoms with Crippen LogP contribution in [-0.2, 0) is 9.59 Å². The first-order valence-corrected chi connectivity index (χ1v) is 8.53. The minimum absolute atomic E-state index is 0.00105. The maximum Gasteiger partial charge on any atom is 0.235 e. The van der Waals surface area contributed by atoms with Gasteiger partial charge in [0.15, 0.2) is 0 Å². The van der Waals surface area contributed by atoms with E-state index in [1.807, 2.05) is 20.8 Å². The van der Waals surface area contributed by atoms with E-state index in [-0.39, 0.29) is 17.7 Å². The smallest absolute Gasteiger partial charge is 0.235 e. The Bertz CT molecular complexity index is 386. The molecule has 0 aromatic carbocycles. The number of amides is 2. The Morgan fingerprint density at radius 3 is 2.33 bits per heavy atom. The van der Waals surface area contributed by atoms with Crippen LogP contribution in [0.4, 0.5) is 0 Å². The van der Waals surface area contributed by atoms with Crippen LogP contribution in [0.3, 0.4) is 0 Å². The Hall–Kier alpha value is -0.900. The number of carbonyl (C=O) groups excluding carboxylic acids is 2. The highest BCUT2D eigenvalue weighted by atomic mass is 16.2. The summed E-state index contributed by atoms with van der Waals surface area (Å²) in [5.74, 6) is 0.220. The SMILES string of the molecule is CC(C)C1(C)CC(=O)N(CCNC2CCCCCC2)C1=O. The van der Waals surface area contributed by atoms with Crippen molar-refractivity contribution < 1.29 is 9.59 Å². The van der Waals surface area contributed by atoms with Gasteiger partial charge in [-0.15, -0.1) is 0 Å². The third-order valence-corrected chi connectivity index (χ3v) is 5.45. The second-order valence-corrected chi connectivity index (χ2v) is 7.24. The highest BCUT2D eigenvalue weighted by molar-refractivity contribution is 6.05. The van der Waals surface area contributed by atoms with Gasteiger partial charge in [-0.1, -0.05) is 39.5 Å².